The number of carbonyl (C=O) groups excluding carboxylic acids is 1. The molecule has 104 valence electrons. The first kappa shape index (κ1) is 15.5. The quantitative estimate of drug-likeness (QED) is 0.788. The van der Waals surface area contributed by atoms with Crippen molar-refractivity contribution in [2.45, 2.75) is 13.0 Å². The zero-order chi connectivity index (χ0) is 14.3. The summed E-state index contributed by atoms with van der Waals surface area (Å²) < 4.78 is 0. The van der Waals surface area contributed by atoms with Crippen LogP contribution in [0.4, 0.5) is 4.79 Å². The van der Waals surface area contributed by atoms with Crippen molar-refractivity contribution >= 4 is 17.6 Å². The Morgan fingerprint density at radius 1 is 1.63 bits per heavy atom. The topological polar surface area (TPSA) is 52.6 Å². The van der Waals surface area contributed by atoms with E-state index in [1.807, 2.05) is 25.1 Å². The van der Waals surface area contributed by atoms with Gasteiger partial charge in [0.1, 0.15) is 0 Å². The van der Waals surface area contributed by atoms with E-state index in [9.17, 15) is 4.79 Å². The first-order chi connectivity index (χ1) is 9.08. The third-order valence-corrected chi connectivity index (χ3v) is 2.93. The molecule has 1 rings (SSSR count). The Morgan fingerprint density at radius 3 is 2.95 bits per heavy atom. The number of hydrogen-bond acceptors (Lipinski definition) is 2. The molecule has 0 spiro atoms. The number of amides is 2. The minimum atomic E-state index is -0.235. The van der Waals surface area contributed by atoms with E-state index in [2.05, 4.69) is 11.9 Å². The number of carbonyl (C=O) groups is 1. The van der Waals surface area contributed by atoms with Crippen molar-refractivity contribution in [2.24, 2.45) is 0 Å². The smallest absolute Gasteiger partial charge is 0.318 e. The molecule has 1 aromatic carbocycles. The molecule has 1 aromatic rings. The fourth-order valence-corrected chi connectivity index (χ4v) is 1.89. The maximum atomic E-state index is 12.0. The fraction of sp³-hybridized carbons (Fsp3) is 0.357. The van der Waals surface area contributed by atoms with Gasteiger partial charge < -0.3 is 15.3 Å². The van der Waals surface area contributed by atoms with Gasteiger partial charge in [-0.1, -0.05) is 29.8 Å². The maximum Gasteiger partial charge on any atom is 0.318 e. The summed E-state index contributed by atoms with van der Waals surface area (Å²) in [7, 11) is 0. The van der Waals surface area contributed by atoms with Gasteiger partial charge in [0.05, 0.1) is 12.6 Å². The Kier molecular flexibility index (Phi) is 6.39. The number of nitrogens with zero attached hydrogens (tertiary/aromatic N) is 1. The molecule has 0 aromatic heterocycles. The van der Waals surface area contributed by atoms with Gasteiger partial charge in [-0.15, -0.1) is 6.58 Å². The summed E-state index contributed by atoms with van der Waals surface area (Å²) in [5, 5.41) is 12.4. The van der Waals surface area contributed by atoms with Gasteiger partial charge in [0.2, 0.25) is 0 Å². The van der Waals surface area contributed by atoms with Gasteiger partial charge in [-0.05, 0) is 24.6 Å². The van der Waals surface area contributed by atoms with Crippen LogP contribution >= 0.6 is 11.6 Å². The van der Waals surface area contributed by atoms with Gasteiger partial charge in [0.15, 0.2) is 0 Å². The molecule has 0 fully saturated rings. The van der Waals surface area contributed by atoms with Gasteiger partial charge in [-0.2, -0.15) is 0 Å². The Hall–Kier alpha value is -1.52. The number of nitrogens with one attached hydrogen (secondary N) is 1. The predicted molar refractivity (Wildman–Crippen MR) is 77.3 cm³/mol. The first-order valence-corrected chi connectivity index (χ1v) is 6.49. The van der Waals surface area contributed by atoms with Crippen LogP contribution in [0, 0.1) is 0 Å². The van der Waals surface area contributed by atoms with E-state index in [1.165, 1.54) is 4.90 Å². The molecule has 4 nitrogen and oxygen atoms in total. The first-order valence-electron chi connectivity index (χ1n) is 6.11. The molecule has 0 aliphatic carbocycles. The standard InChI is InChI=1S/C14H19ClN2O2/c1-3-7-17(8-9-18)14(19)16-11(2)12-5-4-6-13(15)10-12/h3-6,10-11,18H,1,7-9H2,2H3,(H,16,19). The summed E-state index contributed by atoms with van der Waals surface area (Å²) in [6, 6.07) is 6.96. The zero-order valence-corrected chi connectivity index (χ0v) is 11.7. The van der Waals surface area contributed by atoms with Crippen LogP contribution in [0.25, 0.3) is 0 Å². The zero-order valence-electron chi connectivity index (χ0n) is 11.0. The average molecular weight is 283 g/mol. The van der Waals surface area contributed by atoms with E-state index in [4.69, 9.17) is 16.7 Å². The highest BCUT2D eigenvalue weighted by atomic mass is 35.5. The van der Waals surface area contributed by atoms with E-state index in [0.717, 1.165) is 5.56 Å². The molecule has 0 aliphatic rings. The fourth-order valence-electron chi connectivity index (χ4n) is 1.69. The molecular weight excluding hydrogens is 264 g/mol. The number of halogens is 1. The summed E-state index contributed by atoms with van der Waals surface area (Å²) in [5.41, 5.74) is 0.934. The molecule has 0 aliphatic heterocycles. The van der Waals surface area contributed by atoms with Crippen LogP contribution in [-0.2, 0) is 0 Å². The summed E-state index contributed by atoms with van der Waals surface area (Å²) in [6.07, 6.45) is 1.62. The molecule has 1 unspecified atom stereocenters. The van der Waals surface area contributed by atoms with Crippen LogP contribution in [0.3, 0.4) is 0 Å². The summed E-state index contributed by atoms with van der Waals surface area (Å²) in [6.45, 7) is 6.08. The summed E-state index contributed by atoms with van der Waals surface area (Å²) in [4.78, 5) is 13.5. The third-order valence-electron chi connectivity index (χ3n) is 2.70. The van der Waals surface area contributed by atoms with Gasteiger partial charge in [0, 0.05) is 18.1 Å². The minimum Gasteiger partial charge on any atom is -0.395 e. The van der Waals surface area contributed by atoms with E-state index in [-0.39, 0.29) is 25.2 Å². The molecule has 0 bridgehead atoms. The van der Waals surface area contributed by atoms with Crippen molar-refractivity contribution in [3.05, 3.63) is 47.5 Å². The van der Waals surface area contributed by atoms with Gasteiger partial charge >= 0.3 is 6.03 Å². The second-order valence-corrected chi connectivity index (χ2v) is 4.62. The lowest BCUT2D eigenvalue weighted by Gasteiger charge is -2.23. The molecule has 0 radical (unpaired) electrons. The predicted octanol–water partition coefficient (Wildman–Crippen LogP) is 2.59. The average Bonchev–Trinajstić information content (AvgIpc) is 2.38. The molecule has 2 N–H and O–H groups in total. The van der Waals surface area contributed by atoms with Crippen molar-refractivity contribution in [1.82, 2.24) is 10.2 Å². The summed E-state index contributed by atoms with van der Waals surface area (Å²) in [5.74, 6) is 0. The van der Waals surface area contributed by atoms with Gasteiger partial charge in [-0.25, -0.2) is 4.79 Å². The number of aliphatic hydroxyl groups excluding tert-OH is 1. The molecule has 0 saturated heterocycles. The molecule has 1 atom stereocenters. The normalized spacial score (nSPS) is 11.7. The van der Waals surface area contributed by atoms with Crippen LogP contribution < -0.4 is 5.32 Å². The highest BCUT2D eigenvalue weighted by molar-refractivity contribution is 6.30. The summed E-state index contributed by atoms with van der Waals surface area (Å²) >= 11 is 5.92. The van der Waals surface area contributed by atoms with Crippen molar-refractivity contribution in [3.8, 4) is 0 Å². The Bertz CT molecular complexity index is 437. The second-order valence-electron chi connectivity index (χ2n) is 4.18. The number of rotatable bonds is 6. The number of hydrogen-bond donors (Lipinski definition) is 2. The third kappa shape index (κ3) is 4.93. The number of benzene rings is 1. The van der Waals surface area contributed by atoms with Crippen molar-refractivity contribution in [1.29, 1.82) is 0 Å². The minimum absolute atomic E-state index is 0.0766. The Morgan fingerprint density at radius 2 is 2.37 bits per heavy atom. The molecule has 5 heteroatoms. The molecular formula is C14H19ClN2O2. The largest absolute Gasteiger partial charge is 0.395 e. The molecule has 19 heavy (non-hydrogen) atoms. The molecule has 0 heterocycles. The second kappa shape index (κ2) is 7.81. The van der Waals surface area contributed by atoms with Crippen LogP contribution in [0.2, 0.25) is 5.02 Å². The van der Waals surface area contributed by atoms with E-state index in [1.54, 1.807) is 12.1 Å². The lowest BCUT2D eigenvalue weighted by molar-refractivity contribution is 0.181. The van der Waals surface area contributed by atoms with Crippen LogP contribution in [-0.4, -0.2) is 35.7 Å². The van der Waals surface area contributed by atoms with Crippen LogP contribution in [0.1, 0.15) is 18.5 Å². The lowest BCUT2D eigenvalue weighted by atomic mass is 10.1. The number of urea groups is 1. The monoisotopic (exact) mass is 282 g/mol. The van der Waals surface area contributed by atoms with Gasteiger partial charge in [-0.3, -0.25) is 0 Å². The van der Waals surface area contributed by atoms with E-state index >= 15 is 0 Å². The molecule has 2 amide bonds. The maximum absolute atomic E-state index is 12.0. The van der Waals surface area contributed by atoms with Crippen molar-refractivity contribution in [2.75, 3.05) is 19.7 Å². The molecule has 0 saturated carbocycles. The van der Waals surface area contributed by atoms with Crippen molar-refractivity contribution in [3.63, 3.8) is 0 Å². The van der Waals surface area contributed by atoms with E-state index in [0.29, 0.717) is 11.6 Å². The van der Waals surface area contributed by atoms with Crippen LogP contribution in [0.15, 0.2) is 36.9 Å². The number of aliphatic hydroxyl groups is 1. The Labute approximate surface area is 118 Å². The van der Waals surface area contributed by atoms with Crippen molar-refractivity contribution < 1.29 is 9.90 Å². The highest BCUT2D eigenvalue weighted by Gasteiger charge is 2.15. The highest BCUT2D eigenvalue weighted by Crippen LogP contribution is 2.17. The SMILES string of the molecule is C=CCN(CCO)C(=O)NC(C)c1cccc(Cl)c1. The van der Waals surface area contributed by atoms with Gasteiger partial charge in [0.25, 0.3) is 0 Å². The Balaban J connectivity index is 2.66. The van der Waals surface area contributed by atoms with Crippen LogP contribution in [0.5, 0.6) is 0 Å². The lowest BCUT2D eigenvalue weighted by Crippen LogP contribution is -2.42. The van der Waals surface area contributed by atoms with E-state index < -0.39 is 0 Å².